The molecular formula is C21H19ClFN5O4. The lowest BCUT2D eigenvalue weighted by Crippen LogP contribution is -2.07. The molecule has 0 saturated heterocycles. The van der Waals surface area contributed by atoms with E-state index in [1.807, 2.05) is 13.8 Å². The van der Waals surface area contributed by atoms with Gasteiger partial charge in [-0.2, -0.15) is 10.1 Å². The smallest absolute Gasteiger partial charge is 0.303 e. The van der Waals surface area contributed by atoms with Crippen molar-refractivity contribution in [1.29, 1.82) is 0 Å². The summed E-state index contributed by atoms with van der Waals surface area (Å²) in [5, 5.41) is 17.9. The Morgan fingerprint density at radius 3 is 2.88 bits per heavy atom. The van der Waals surface area contributed by atoms with E-state index in [2.05, 4.69) is 20.2 Å². The Hall–Kier alpha value is -3.53. The Balaban J connectivity index is 1.59. The van der Waals surface area contributed by atoms with Crippen LogP contribution in [0.25, 0.3) is 33.7 Å². The van der Waals surface area contributed by atoms with Gasteiger partial charge in [-0.25, -0.2) is 9.37 Å². The van der Waals surface area contributed by atoms with Crippen molar-refractivity contribution in [2.45, 2.75) is 39.3 Å². The lowest BCUT2D eigenvalue weighted by atomic mass is 10.1. The van der Waals surface area contributed by atoms with Gasteiger partial charge in [0.15, 0.2) is 0 Å². The van der Waals surface area contributed by atoms with E-state index in [1.165, 1.54) is 12.3 Å². The second kappa shape index (κ2) is 8.91. The molecule has 0 bridgehead atoms. The summed E-state index contributed by atoms with van der Waals surface area (Å²) in [5.41, 5.74) is 1.07. The van der Waals surface area contributed by atoms with Crippen molar-refractivity contribution in [3.05, 3.63) is 41.4 Å². The molecule has 1 aromatic carbocycles. The monoisotopic (exact) mass is 459 g/mol. The van der Waals surface area contributed by atoms with E-state index in [-0.39, 0.29) is 29.8 Å². The van der Waals surface area contributed by atoms with E-state index in [0.717, 1.165) is 0 Å². The predicted octanol–water partition coefficient (Wildman–Crippen LogP) is 4.59. The summed E-state index contributed by atoms with van der Waals surface area (Å²) in [7, 11) is 0. The van der Waals surface area contributed by atoms with Gasteiger partial charge >= 0.3 is 5.97 Å². The Kier molecular flexibility index (Phi) is 6.04. The minimum atomic E-state index is -0.874. The van der Waals surface area contributed by atoms with Crippen LogP contribution in [-0.2, 0) is 11.3 Å². The summed E-state index contributed by atoms with van der Waals surface area (Å²) in [6.45, 7) is 4.14. The SMILES string of the molecule is CC(C)Oc1ncc(-c2nc(-c3cc4cn(CCCC(=O)O)nc4cc3F)no2)cc1Cl. The van der Waals surface area contributed by atoms with Crippen LogP contribution in [0.15, 0.2) is 35.1 Å². The molecule has 11 heteroatoms. The first-order valence-corrected chi connectivity index (χ1v) is 10.2. The number of hydrogen-bond acceptors (Lipinski definition) is 7. The zero-order valence-electron chi connectivity index (χ0n) is 17.2. The number of aliphatic carboxylic acids is 1. The standard InChI is InChI=1S/C21H19ClFN5O4/c1-11(2)31-21-15(22)7-12(9-24-21)20-25-19(27-32-20)14-6-13-10-28(5-3-4-18(29)30)26-17(13)8-16(14)23/h6-11H,3-5H2,1-2H3,(H,29,30). The normalized spacial score (nSPS) is 11.4. The average Bonchev–Trinajstić information content (AvgIpc) is 3.35. The molecule has 0 aliphatic heterocycles. The van der Waals surface area contributed by atoms with Crippen LogP contribution in [0.4, 0.5) is 4.39 Å². The van der Waals surface area contributed by atoms with Gasteiger partial charge in [-0.05, 0) is 32.4 Å². The van der Waals surface area contributed by atoms with Crippen LogP contribution in [0.2, 0.25) is 5.02 Å². The van der Waals surface area contributed by atoms with Crippen molar-refractivity contribution in [3.63, 3.8) is 0 Å². The average molecular weight is 460 g/mol. The second-order valence-electron chi connectivity index (χ2n) is 7.38. The molecule has 4 rings (SSSR count). The van der Waals surface area contributed by atoms with Crippen molar-refractivity contribution >= 4 is 28.5 Å². The van der Waals surface area contributed by atoms with Crippen molar-refractivity contribution in [1.82, 2.24) is 24.9 Å². The summed E-state index contributed by atoms with van der Waals surface area (Å²) in [6.07, 6.45) is 3.58. The van der Waals surface area contributed by atoms with Crippen LogP contribution in [0.5, 0.6) is 5.88 Å². The summed E-state index contributed by atoms with van der Waals surface area (Å²) in [6, 6.07) is 4.44. The highest BCUT2D eigenvalue weighted by molar-refractivity contribution is 6.32. The fourth-order valence-electron chi connectivity index (χ4n) is 3.08. The Labute approximate surface area is 186 Å². The van der Waals surface area contributed by atoms with Gasteiger partial charge in [0, 0.05) is 36.8 Å². The van der Waals surface area contributed by atoms with Crippen LogP contribution < -0.4 is 4.74 Å². The van der Waals surface area contributed by atoms with Gasteiger partial charge in [-0.3, -0.25) is 9.48 Å². The zero-order chi connectivity index (χ0) is 22.8. The van der Waals surface area contributed by atoms with Gasteiger partial charge in [0.25, 0.3) is 5.89 Å². The Bertz CT molecular complexity index is 1290. The number of ether oxygens (including phenoxy) is 1. The first kappa shape index (κ1) is 21.7. The first-order chi connectivity index (χ1) is 15.3. The number of hydrogen-bond donors (Lipinski definition) is 1. The molecule has 0 spiro atoms. The van der Waals surface area contributed by atoms with Crippen molar-refractivity contribution in [2.24, 2.45) is 0 Å². The molecule has 0 aliphatic rings. The molecule has 3 aromatic heterocycles. The zero-order valence-corrected chi connectivity index (χ0v) is 18.0. The third-order valence-electron chi connectivity index (χ3n) is 4.49. The van der Waals surface area contributed by atoms with Crippen molar-refractivity contribution < 1.29 is 23.6 Å². The number of halogens is 2. The molecule has 0 radical (unpaired) electrons. The first-order valence-electron chi connectivity index (χ1n) is 9.85. The fourth-order valence-corrected chi connectivity index (χ4v) is 3.29. The van der Waals surface area contributed by atoms with E-state index in [4.69, 9.17) is 26.0 Å². The van der Waals surface area contributed by atoms with Crippen LogP contribution in [-0.4, -0.2) is 42.1 Å². The molecule has 4 aromatic rings. The largest absolute Gasteiger partial charge is 0.481 e. The van der Waals surface area contributed by atoms with Gasteiger partial charge in [0.2, 0.25) is 11.7 Å². The summed E-state index contributed by atoms with van der Waals surface area (Å²) in [5.74, 6) is -0.938. The van der Waals surface area contributed by atoms with E-state index < -0.39 is 11.8 Å². The van der Waals surface area contributed by atoms with Gasteiger partial charge < -0.3 is 14.4 Å². The Morgan fingerprint density at radius 2 is 2.16 bits per heavy atom. The number of carbonyl (C=O) groups is 1. The lowest BCUT2D eigenvalue weighted by molar-refractivity contribution is -0.137. The molecule has 0 unspecified atom stereocenters. The molecule has 32 heavy (non-hydrogen) atoms. The summed E-state index contributed by atoms with van der Waals surface area (Å²) >= 11 is 6.21. The molecule has 0 aliphatic carbocycles. The quantitative estimate of drug-likeness (QED) is 0.406. The molecular weight excluding hydrogens is 441 g/mol. The molecule has 3 heterocycles. The van der Waals surface area contributed by atoms with Crippen LogP contribution in [0.1, 0.15) is 26.7 Å². The number of fused-ring (bicyclic) bond motifs is 1. The summed E-state index contributed by atoms with van der Waals surface area (Å²) < 4.78 is 27.1. The van der Waals surface area contributed by atoms with E-state index in [0.29, 0.717) is 40.3 Å². The third kappa shape index (κ3) is 4.70. The molecule has 9 nitrogen and oxygen atoms in total. The number of rotatable bonds is 8. The van der Waals surface area contributed by atoms with Gasteiger partial charge in [0.05, 0.1) is 22.7 Å². The lowest BCUT2D eigenvalue weighted by Gasteiger charge is -2.09. The second-order valence-corrected chi connectivity index (χ2v) is 7.79. The topological polar surface area (TPSA) is 116 Å². The number of aryl methyl sites for hydroxylation is 1. The molecule has 0 atom stereocenters. The molecule has 166 valence electrons. The van der Waals surface area contributed by atoms with E-state index in [1.54, 1.807) is 23.0 Å². The maximum absolute atomic E-state index is 14.7. The number of nitrogens with zero attached hydrogens (tertiary/aromatic N) is 5. The number of aromatic nitrogens is 5. The van der Waals surface area contributed by atoms with Crippen LogP contribution in [0, 0.1) is 5.82 Å². The molecule has 0 amide bonds. The highest BCUT2D eigenvalue weighted by Crippen LogP contribution is 2.30. The maximum atomic E-state index is 14.7. The van der Waals surface area contributed by atoms with Crippen LogP contribution in [0.3, 0.4) is 0 Å². The Morgan fingerprint density at radius 1 is 1.34 bits per heavy atom. The van der Waals surface area contributed by atoms with Crippen LogP contribution >= 0.6 is 11.6 Å². The molecule has 0 fully saturated rings. The number of pyridine rings is 1. The number of benzene rings is 1. The minimum Gasteiger partial charge on any atom is -0.481 e. The highest BCUT2D eigenvalue weighted by atomic mass is 35.5. The van der Waals surface area contributed by atoms with E-state index in [9.17, 15) is 9.18 Å². The maximum Gasteiger partial charge on any atom is 0.303 e. The van der Waals surface area contributed by atoms with E-state index >= 15 is 0 Å². The number of carboxylic acid groups (broad SMARTS) is 1. The highest BCUT2D eigenvalue weighted by Gasteiger charge is 2.18. The van der Waals surface area contributed by atoms with Gasteiger partial charge in [-0.15, -0.1) is 0 Å². The molecule has 1 N–H and O–H groups in total. The van der Waals surface area contributed by atoms with Gasteiger partial charge in [-0.1, -0.05) is 16.8 Å². The predicted molar refractivity (Wildman–Crippen MR) is 114 cm³/mol. The minimum absolute atomic E-state index is 0.0326. The summed E-state index contributed by atoms with van der Waals surface area (Å²) in [4.78, 5) is 19.1. The third-order valence-corrected chi connectivity index (χ3v) is 4.76. The molecule has 0 saturated carbocycles. The van der Waals surface area contributed by atoms with Crippen molar-refractivity contribution in [2.75, 3.05) is 0 Å². The van der Waals surface area contributed by atoms with Gasteiger partial charge in [0.1, 0.15) is 10.8 Å². The number of carboxylic acids is 1. The van der Waals surface area contributed by atoms with Crippen molar-refractivity contribution in [3.8, 4) is 28.7 Å². The fraction of sp³-hybridized carbons (Fsp3) is 0.286.